The van der Waals surface area contributed by atoms with Crippen molar-refractivity contribution in [1.29, 1.82) is 0 Å². The third-order valence-electron chi connectivity index (χ3n) is 5.22. The molecule has 0 spiro atoms. The maximum atomic E-state index is 14.7. The third-order valence-corrected chi connectivity index (χ3v) is 5.22. The van der Waals surface area contributed by atoms with E-state index in [9.17, 15) is 13.2 Å². The highest BCUT2D eigenvalue weighted by molar-refractivity contribution is 5.67. The molecule has 0 N–H and O–H groups in total. The maximum Gasteiger partial charge on any atom is 0.167 e. The van der Waals surface area contributed by atoms with E-state index < -0.39 is 17.5 Å². The van der Waals surface area contributed by atoms with Gasteiger partial charge in [-0.3, -0.25) is 0 Å². The molecule has 0 aromatic heterocycles. The van der Waals surface area contributed by atoms with E-state index >= 15 is 0 Å². The van der Waals surface area contributed by atoms with E-state index in [4.69, 9.17) is 9.47 Å². The molecule has 0 saturated carbocycles. The molecule has 1 fully saturated rings. The highest BCUT2D eigenvalue weighted by atomic mass is 19.2. The van der Waals surface area contributed by atoms with Crippen LogP contribution in [0.5, 0.6) is 0 Å². The smallest absolute Gasteiger partial charge is 0.167 e. The summed E-state index contributed by atoms with van der Waals surface area (Å²) in [6.45, 7) is 2.83. The molecular formula is C23H25F3O2. The van der Waals surface area contributed by atoms with Crippen molar-refractivity contribution in [1.82, 2.24) is 0 Å². The summed E-state index contributed by atoms with van der Waals surface area (Å²) in [6, 6.07) is 7.55. The first-order chi connectivity index (χ1) is 13.5. The molecule has 0 amide bonds. The van der Waals surface area contributed by atoms with Crippen LogP contribution in [0.15, 0.2) is 36.4 Å². The fourth-order valence-electron chi connectivity index (χ4n) is 3.65. The molecule has 1 heterocycles. The number of allylic oxidation sites excluding steroid dienone is 1. The Bertz CT molecular complexity index is 840. The van der Waals surface area contributed by atoms with Crippen molar-refractivity contribution in [3.8, 4) is 11.1 Å². The summed E-state index contributed by atoms with van der Waals surface area (Å²) >= 11 is 0. The van der Waals surface area contributed by atoms with Crippen LogP contribution in [0.3, 0.4) is 0 Å². The van der Waals surface area contributed by atoms with Gasteiger partial charge in [0.1, 0.15) is 5.82 Å². The third kappa shape index (κ3) is 4.47. The molecule has 2 nitrogen and oxygen atoms in total. The van der Waals surface area contributed by atoms with E-state index in [1.165, 1.54) is 24.3 Å². The van der Waals surface area contributed by atoms with Gasteiger partial charge in [-0.05, 0) is 43.4 Å². The van der Waals surface area contributed by atoms with Crippen molar-refractivity contribution >= 4 is 6.08 Å². The second-order valence-electron chi connectivity index (χ2n) is 7.08. The second-order valence-corrected chi connectivity index (χ2v) is 7.08. The molecule has 1 aliphatic rings. The summed E-state index contributed by atoms with van der Waals surface area (Å²) in [5.41, 5.74) is 1.10. The van der Waals surface area contributed by atoms with Crippen LogP contribution in [0.4, 0.5) is 13.2 Å². The largest absolute Gasteiger partial charge is 0.385 e. The van der Waals surface area contributed by atoms with Crippen LogP contribution in [-0.2, 0) is 9.47 Å². The number of rotatable bonds is 6. The van der Waals surface area contributed by atoms with Crippen molar-refractivity contribution in [3.05, 3.63) is 65.0 Å². The zero-order chi connectivity index (χ0) is 20.1. The van der Waals surface area contributed by atoms with Gasteiger partial charge in [0.2, 0.25) is 0 Å². The van der Waals surface area contributed by atoms with Crippen LogP contribution in [0.2, 0.25) is 0 Å². The van der Waals surface area contributed by atoms with Gasteiger partial charge in [0.15, 0.2) is 11.6 Å². The van der Waals surface area contributed by atoms with Gasteiger partial charge in [-0.2, -0.15) is 0 Å². The van der Waals surface area contributed by atoms with Crippen molar-refractivity contribution in [2.24, 2.45) is 0 Å². The fourth-order valence-corrected chi connectivity index (χ4v) is 3.65. The molecule has 5 heteroatoms. The number of benzene rings is 2. The minimum atomic E-state index is -0.968. The van der Waals surface area contributed by atoms with Crippen molar-refractivity contribution in [2.45, 2.75) is 38.2 Å². The molecule has 3 rings (SSSR count). The Morgan fingerprint density at radius 3 is 2.57 bits per heavy atom. The molecule has 1 aliphatic heterocycles. The predicted octanol–water partition coefficient (Wildman–Crippen LogP) is 6.10. The summed E-state index contributed by atoms with van der Waals surface area (Å²) in [7, 11) is 1.66. The molecule has 2 unspecified atom stereocenters. The lowest BCUT2D eigenvalue weighted by atomic mass is 9.89. The van der Waals surface area contributed by atoms with Crippen molar-refractivity contribution in [2.75, 3.05) is 20.3 Å². The molecule has 0 bridgehead atoms. The molecule has 2 atom stereocenters. The normalized spacial score (nSPS) is 20.0. The Kier molecular flexibility index (Phi) is 6.92. The number of ether oxygens (including phenoxy) is 2. The van der Waals surface area contributed by atoms with E-state index in [0.717, 1.165) is 19.3 Å². The molecule has 2 aromatic rings. The van der Waals surface area contributed by atoms with E-state index in [1.54, 1.807) is 32.2 Å². The van der Waals surface area contributed by atoms with Gasteiger partial charge in [-0.1, -0.05) is 36.4 Å². The molecule has 28 heavy (non-hydrogen) atoms. The van der Waals surface area contributed by atoms with Crippen molar-refractivity contribution in [3.63, 3.8) is 0 Å². The Balaban J connectivity index is 1.77. The van der Waals surface area contributed by atoms with E-state index in [-0.39, 0.29) is 23.1 Å². The number of hydrogen-bond acceptors (Lipinski definition) is 2. The fraction of sp³-hybridized carbons (Fsp3) is 0.391. The van der Waals surface area contributed by atoms with E-state index in [1.807, 2.05) is 0 Å². The molecule has 0 aliphatic carbocycles. The van der Waals surface area contributed by atoms with Crippen LogP contribution in [0, 0.1) is 17.5 Å². The first kappa shape index (κ1) is 20.6. The lowest BCUT2D eigenvalue weighted by molar-refractivity contribution is -0.0133. The summed E-state index contributed by atoms with van der Waals surface area (Å²) < 4.78 is 54.3. The first-order valence-corrected chi connectivity index (χ1v) is 9.56. The molecule has 1 saturated heterocycles. The Morgan fingerprint density at radius 2 is 1.93 bits per heavy atom. The zero-order valence-corrected chi connectivity index (χ0v) is 16.2. The highest BCUT2D eigenvalue weighted by Crippen LogP contribution is 2.34. The average molecular weight is 390 g/mol. The minimum Gasteiger partial charge on any atom is -0.385 e. The van der Waals surface area contributed by atoms with Crippen LogP contribution >= 0.6 is 0 Å². The van der Waals surface area contributed by atoms with Gasteiger partial charge in [0.05, 0.1) is 12.7 Å². The molecule has 2 aromatic carbocycles. The van der Waals surface area contributed by atoms with Crippen LogP contribution in [0.25, 0.3) is 17.2 Å². The van der Waals surface area contributed by atoms with E-state index in [0.29, 0.717) is 24.3 Å². The second kappa shape index (κ2) is 9.39. The number of halogens is 3. The predicted molar refractivity (Wildman–Crippen MR) is 105 cm³/mol. The summed E-state index contributed by atoms with van der Waals surface area (Å²) in [6.07, 6.45) is 5.78. The average Bonchev–Trinajstić information content (AvgIpc) is 2.70. The van der Waals surface area contributed by atoms with Crippen LogP contribution < -0.4 is 0 Å². The zero-order valence-electron chi connectivity index (χ0n) is 16.2. The SMILES string of the molecule is C/C=C/c1ccc(-c2ccc(C3CCC(CCOC)OC3)c(F)c2)c(F)c1F. The Hall–Kier alpha value is -2.11. The quantitative estimate of drug-likeness (QED) is 0.593. The monoisotopic (exact) mass is 390 g/mol. The van der Waals surface area contributed by atoms with Crippen molar-refractivity contribution < 1.29 is 22.6 Å². The van der Waals surface area contributed by atoms with Gasteiger partial charge in [-0.15, -0.1) is 0 Å². The van der Waals surface area contributed by atoms with Gasteiger partial charge >= 0.3 is 0 Å². The Labute approximate surface area is 164 Å². The number of methoxy groups -OCH3 is 1. The topological polar surface area (TPSA) is 18.5 Å². The van der Waals surface area contributed by atoms with E-state index in [2.05, 4.69) is 0 Å². The van der Waals surface area contributed by atoms with Crippen LogP contribution in [-0.4, -0.2) is 26.4 Å². The maximum absolute atomic E-state index is 14.7. The molecular weight excluding hydrogens is 365 g/mol. The van der Waals surface area contributed by atoms with Gasteiger partial charge in [0.25, 0.3) is 0 Å². The van der Waals surface area contributed by atoms with Gasteiger partial charge in [-0.25, -0.2) is 13.2 Å². The summed E-state index contributed by atoms with van der Waals surface area (Å²) in [5, 5.41) is 0. The molecule has 0 radical (unpaired) electrons. The lowest BCUT2D eigenvalue weighted by Gasteiger charge is -2.29. The Morgan fingerprint density at radius 1 is 1.11 bits per heavy atom. The highest BCUT2D eigenvalue weighted by Gasteiger charge is 2.25. The minimum absolute atomic E-state index is 0.0357. The summed E-state index contributed by atoms with van der Waals surface area (Å²) in [4.78, 5) is 0. The lowest BCUT2D eigenvalue weighted by Crippen LogP contribution is -2.26. The summed E-state index contributed by atoms with van der Waals surface area (Å²) in [5.74, 6) is -2.35. The standard InChI is InChI=1S/C23H25F3O2/c1-3-4-15-6-10-20(23(26)22(15)25)16-7-9-19(21(24)13-16)17-5-8-18(28-14-17)11-12-27-2/h3-4,6-7,9-10,13,17-18H,5,8,11-12,14H2,1-2H3/b4-3+. The molecule has 150 valence electrons. The van der Waals surface area contributed by atoms with Crippen LogP contribution in [0.1, 0.15) is 43.2 Å². The van der Waals surface area contributed by atoms with Gasteiger partial charge < -0.3 is 9.47 Å². The number of hydrogen-bond donors (Lipinski definition) is 0. The first-order valence-electron chi connectivity index (χ1n) is 9.56. The van der Waals surface area contributed by atoms with Gasteiger partial charge in [0, 0.05) is 30.8 Å².